The summed E-state index contributed by atoms with van der Waals surface area (Å²) in [5, 5.41) is 23.8. The van der Waals surface area contributed by atoms with E-state index in [4.69, 9.17) is 10.00 Å². The van der Waals surface area contributed by atoms with Crippen LogP contribution in [0.2, 0.25) is 0 Å². The van der Waals surface area contributed by atoms with E-state index in [1.807, 2.05) is 0 Å². The first-order valence-electron chi connectivity index (χ1n) is 6.89. The zero-order valence-electron chi connectivity index (χ0n) is 12.2. The molecular weight excluding hydrogens is 282 g/mol. The minimum atomic E-state index is -0.985. The van der Waals surface area contributed by atoms with Crippen LogP contribution in [-0.4, -0.2) is 26.6 Å². The Balaban J connectivity index is 2.26. The number of aromatic nitrogens is 2. The molecule has 6 heteroatoms. The number of fused-ring (bicyclic) bond motifs is 1. The molecule has 1 aliphatic heterocycles. The van der Waals surface area contributed by atoms with E-state index in [1.165, 1.54) is 16.9 Å². The number of aliphatic hydroxyl groups excluding tert-OH is 1. The quantitative estimate of drug-likeness (QED) is 0.855. The second-order valence-corrected chi connectivity index (χ2v) is 5.77. The second kappa shape index (κ2) is 4.97. The summed E-state index contributed by atoms with van der Waals surface area (Å²) in [5.74, 6) is 0.539. The monoisotopic (exact) mass is 297 g/mol. The van der Waals surface area contributed by atoms with Crippen LogP contribution < -0.4 is 10.3 Å². The number of nitriles is 1. The number of hydrogen-bond donors (Lipinski definition) is 1. The van der Waals surface area contributed by atoms with Gasteiger partial charge in [-0.25, -0.2) is 4.68 Å². The van der Waals surface area contributed by atoms with Crippen molar-refractivity contribution in [2.24, 2.45) is 0 Å². The smallest absolute Gasteiger partial charge is 0.267 e. The SMILES string of the molecule is CC1(C)Oc2ccc(C#N)cc2C(n2ncccc2=O)[C@@H]1O. The first kappa shape index (κ1) is 14.3. The summed E-state index contributed by atoms with van der Waals surface area (Å²) >= 11 is 0. The molecule has 2 aromatic rings. The maximum atomic E-state index is 12.1. The molecule has 2 atom stereocenters. The van der Waals surface area contributed by atoms with E-state index < -0.39 is 17.7 Å². The highest BCUT2D eigenvalue weighted by atomic mass is 16.5. The molecule has 0 saturated carbocycles. The minimum absolute atomic E-state index is 0.322. The molecule has 2 heterocycles. The lowest BCUT2D eigenvalue weighted by atomic mass is 9.86. The average Bonchev–Trinajstić information content (AvgIpc) is 2.49. The van der Waals surface area contributed by atoms with Crippen molar-refractivity contribution in [2.75, 3.05) is 0 Å². The van der Waals surface area contributed by atoms with Crippen LogP contribution in [0.5, 0.6) is 5.75 Å². The van der Waals surface area contributed by atoms with Gasteiger partial charge in [0.05, 0.1) is 11.6 Å². The van der Waals surface area contributed by atoms with Crippen molar-refractivity contribution in [1.82, 2.24) is 9.78 Å². The van der Waals surface area contributed by atoms with E-state index in [2.05, 4.69) is 11.2 Å². The highest BCUT2D eigenvalue weighted by molar-refractivity contribution is 5.46. The van der Waals surface area contributed by atoms with Gasteiger partial charge >= 0.3 is 0 Å². The van der Waals surface area contributed by atoms with E-state index >= 15 is 0 Å². The van der Waals surface area contributed by atoms with Gasteiger partial charge in [0, 0.05) is 17.8 Å². The average molecular weight is 297 g/mol. The van der Waals surface area contributed by atoms with Gasteiger partial charge < -0.3 is 9.84 Å². The van der Waals surface area contributed by atoms with Crippen LogP contribution in [0.25, 0.3) is 0 Å². The largest absolute Gasteiger partial charge is 0.485 e. The Morgan fingerprint density at radius 1 is 1.41 bits per heavy atom. The van der Waals surface area contributed by atoms with Gasteiger partial charge in [-0.05, 0) is 38.1 Å². The lowest BCUT2D eigenvalue weighted by Crippen LogP contribution is -2.52. The molecule has 0 radical (unpaired) electrons. The molecule has 0 saturated heterocycles. The van der Waals surface area contributed by atoms with E-state index in [0.717, 1.165) is 0 Å². The van der Waals surface area contributed by atoms with Gasteiger partial charge in [0.25, 0.3) is 5.56 Å². The summed E-state index contributed by atoms with van der Waals surface area (Å²) in [7, 11) is 0. The van der Waals surface area contributed by atoms with Crippen molar-refractivity contribution in [3.63, 3.8) is 0 Å². The van der Waals surface area contributed by atoms with Crippen molar-refractivity contribution in [2.45, 2.75) is 31.6 Å². The van der Waals surface area contributed by atoms with Gasteiger partial charge in [-0.3, -0.25) is 4.79 Å². The topological polar surface area (TPSA) is 88.1 Å². The molecule has 22 heavy (non-hydrogen) atoms. The molecule has 1 N–H and O–H groups in total. The summed E-state index contributed by atoms with van der Waals surface area (Å²) in [5.41, 5.74) is -0.199. The fourth-order valence-corrected chi connectivity index (χ4v) is 2.68. The fraction of sp³-hybridized carbons (Fsp3) is 0.312. The second-order valence-electron chi connectivity index (χ2n) is 5.77. The first-order valence-corrected chi connectivity index (χ1v) is 6.89. The van der Waals surface area contributed by atoms with Crippen molar-refractivity contribution in [1.29, 1.82) is 5.26 Å². The van der Waals surface area contributed by atoms with Crippen LogP contribution in [-0.2, 0) is 0 Å². The zero-order valence-corrected chi connectivity index (χ0v) is 12.2. The Bertz CT molecular complexity index is 820. The molecule has 1 aliphatic rings. The van der Waals surface area contributed by atoms with Crippen molar-refractivity contribution < 1.29 is 9.84 Å². The molecule has 6 nitrogen and oxygen atoms in total. The minimum Gasteiger partial charge on any atom is -0.485 e. The normalized spacial score (nSPS) is 22.3. The standard InChI is InChI=1S/C16H15N3O3/c1-16(2)15(21)14(19-13(20)4-3-7-18-19)11-8-10(9-17)5-6-12(11)22-16/h3-8,14-15,21H,1-2H3/t14?,15-/m0/s1. The molecule has 1 aromatic heterocycles. The van der Waals surface area contributed by atoms with Crippen LogP contribution in [0.4, 0.5) is 0 Å². The van der Waals surface area contributed by atoms with Crippen LogP contribution in [0.3, 0.4) is 0 Å². The van der Waals surface area contributed by atoms with Crippen molar-refractivity contribution in [3.05, 3.63) is 58.0 Å². The van der Waals surface area contributed by atoms with Gasteiger partial charge in [-0.15, -0.1) is 0 Å². The molecule has 0 bridgehead atoms. The van der Waals surface area contributed by atoms with Gasteiger partial charge in [0.2, 0.25) is 0 Å². The van der Waals surface area contributed by atoms with Gasteiger partial charge in [0.15, 0.2) is 0 Å². The molecule has 112 valence electrons. The maximum absolute atomic E-state index is 12.1. The Kier molecular flexibility index (Phi) is 3.23. The van der Waals surface area contributed by atoms with Gasteiger partial charge in [-0.2, -0.15) is 10.4 Å². The first-order chi connectivity index (χ1) is 10.4. The Morgan fingerprint density at radius 3 is 2.86 bits per heavy atom. The van der Waals surface area contributed by atoms with E-state index in [9.17, 15) is 9.90 Å². The predicted molar refractivity (Wildman–Crippen MR) is 78.5 cm³/mol. The molecular formula is C16H15N3O3. The molecule has 0 spiro atoms. The third-order valence-corrected chi connectivity index (χ3v) is 3.85. The number of benzene rings is 1. The maximum Gasteiger partial charge on any atom is 0.267 e. The lowest BCUT2D eigenvalue weighted by molar-refractivity contribution is -0.0666. The number of ether oxygens (including phenoxy) is 1. The summed E-state index contributed by atoms with van der Waals surface area (Å²) in [6.07, 6.45) is 0.506. The van der Waals surface area contributed by atoms with E-state index in [1.54, 1.807) is 38.1 Å². The van der Waals surface area contributed by atoms with Crippen LogP contribution >= 0.6 is 0 Å². The summed E-state index contributed by atoms with van der Waals surface area (Å²) < 4.78 is 7.05. The van der Waals surface area contributed by atoms with Crippen molar-refractivity contribution in [3.8, 4) is 11.8 Å². The summed E-state index contributed by atoms with van der Waals surface area (Å²) in [6.45, 7) is 3.50. The molecule has 3 rings (SSSR count). The number of rotatable bonds is 1. The molecule has 1 unspecified atom stereocenters. The lowest BCUT2D eigenvalue weighted by Gasteiger charge is -2.42. The Morgan fingerprint density at radius 2 is 2.18 bits per heavy atom. The summed E-state index contributed by atoms with van der Waals surface area (Å²) in [6, 6.07) is 9.23. The highest BCUT2D eigenvalue weighted by Gasteiger charge is 2.44. The van der Waals surface area contributed by atoms with Gasteiger partial charge in [0.1, 0.15) is 23.5 Å². The number of nitrogens with zero attached hydrogens (tertiary/aromatic N) is 3. The molecule has 0 fully saturated rings. The predicted octanol–water partition coefficient (Wildman–Crippen LogP) is 1.24. The van der Waals surface area contributed by atoms with Crippen LogP contribution in [0, 0.1) is 11.3 Å². The Hall–Kier alpha value is -2.65. The van der Waals surface area contributed by atoms with E-state index in [0.29, 0.717) is 16.9 Å². The van der Waals surface area contributed by atoms with Crippen LogP contribution in [0.1, 0.15) is 31.0 Å². The van der Waals surface area contributed by atoms with Crippen LogP contribution in [0.15, 0.2) is 41.3 Å². The van der Waals surface area contributed by atoms with Crippen molar-refractivity contribution >= 4 is 0 Å². The number of aliphatic hydroxyl groups is 1. The molecule has 0 amide bonds. The molecule has 0 aliphatic carbocycles. The highest BCUT2D eigenvalue weighted by Crippen LogP contribution is 2.41. The molecule has 1 aromatic carbocycles. The van der Waals surface area contributed by atoms with E-state index in [-0.39, 0.29) is 5.56 Å². The number of hydrogen-bond acceptors (Lipinski definition) is 5. The van der Waals surface area contributed by atoms with Gasteiger partial charge in [-0.1, -0.05) is 0 Å². The fourth-order valence-electron chi connectivity index (χ4n) is 2.68. The Labute approximate surface area is 127 Å². The third-order valence-electron chi connectivity index (χ3n) is 3.85. The third kappa shape index (κ3) is 2.16. The zero-order chi connectivity index (χ0) is 15.9. The summed E-state index contributed by atoms with van der Waals surface area (Å²) in [4.78, 5) is 12.1.